The van der Waals surface area contributed by atoms with E-state index in [0.717, 1.165) is 0 Å². The van der Waals surface area contributed by atoms with Crippen molar-refractivity contribution >= 4 is 17.3 Å². The number of aliphatic hydroxyl groups excluding tert-OH is 2. The molecule has 2 rings (SSSR count). The van der Waals surface area contributed by atoms with Gasteiger partial charge in [-0.3, -0.25) is 14.9 Å². The van der Waals surface area contributed by atoms with Gasteiger partial charge in [-0.15, -0.1) is 0 Å². The monoisotopic (exact) mass is 268 g/mol. The van der Waals surface area contributed by atoms with Crippen LogP contribution >= 0.6 is 0 Å². The van der Waals surface area contributed by atoms with Gasteiger partial charge in [-0.2, -0.15) is 0 Å². The van der Waals surface area contributed by atoms with Gasteiger partial charge in [0.25, 0.3) is 11.6 Å². The first-order valence-corrected chi connectivity index (χ1v) is 5.53. The minimum absolute atomic E-state index is 0.146. The summed E-state index contributed by atoms with van der Waals surface area (Å²) in [5.41, 5.74) is 0.0403. The fourth-order valence-electron chi connectivity index (χ4n) is 1.77. The average Bonchev–Trinajstić information content (AvgIpc) is 2.41. The maximum atomic E-state index is 11.7. The summed E-state index contributed by atoms with van der Waals surface area (Å²) < 4.78 is 5.16. The molecule has 0 radical (unpaired) electrons. The zero-order valence-corrected chi connectivity index (χ0v) is 9.85. The molecule has 2 N–H and O–H groups in total. The second kappa shape index (κ2) is 5.21. The number of nitrogens with zero attached hydrogens (tertiary/aromatic N) is 2. The van der Waals surface area contributed by atoms with Gasteiger partial charge in [0.05, 0.1) is 29.9 Å². The summed E-state index contributed by atoms with van der Waals surface area (Å²) in [4.78, 5) is 23.0. The molecule has 1 unspecified atom stereocenters. The molecule has 0 bridgehead atoms. The Labute approximate surface area is 108 Å². The van der Waals surface area contributed by atoms with Crippen LogP contribution in [-0.2, 0) is 4.79 Å². The van der Waals surface area contributed by atoms with Crippen molar-refractivity contribution in [2.75, 3.05) is 24.7 Å². The normalized spacial score (nSPS) is 15.7. The highest BCUT2D eigenvalue weighted by Crippen LogP contribution is 2.35. The van der Waals surface area contributed by atoms with Crippen LogP contribution in [-0.4, -0.2) is 46.9 Å². The molecule has 0 saturated heterocycles. The number of carbonyl (C=O) groups is 1. The van der Waals surface area contributed by atoms with Crippen LogP contribution in [0.1, 0.15) is 0 Å². The van der Waals surface area contributed by atoms with E-state index >= 15 is 0 Å². The summed E-state index contributed by atoms with van der Waals surface area (Å²) in [6, 6.07) is 3.88. The maximum Gasteiger partial charge on any atom is 0.271 e. The molecule has 0 fully saturated rings. The number of ether oxygens (including phenoxy) is 1. The number of amides is 1. The van der Waals surface area contributed by atoms with Crippen LogP contribution in [0.4, 0.5) is 11.4 Å². The number of non-ortho nitro benzene ring substituents is 1. The van der Waals surface area contributed by atoms with Crippen molar-refractivity contribution in [3.8, 4) is 5.75 Å². The van der Waals surface area contributed by atoms with Gasteiger partial charge >= 0.3 is 0 Å². The molecular formula is C11H12N2O6. The smallest absolute Gasteiger partial charge is 0.271 e. The summed E-state index contributed by atoms with van der Waals surface area (Å²) in [7, 11) is 0. The number of rotatable bonds is 4. The number of carbonyl (C=O) groups excluding carboxylic acids is 1. The third kappa shape index (κ3) is 2.64. The Bertz CT molecular complexity index is 518. The van der Waals surface area contributed by atoms with Gasteiger partial charge in [0.2, 0.25) is 0 Å². The highest BCUT2D eigenvalue weighted by Gasteiger charge is 2.28. The van der Waals surface area contributed by atoms with Gasteiger partial charge in [-0.25, -0.2) is 0 Å². The molecule has 1 heterocycles. The van der Waals surface area contributed by atoms with Crippen molar-refractivity contribution < 1.29 is 24.7 Å². The van der Waals surface area contributed by atoms with Crippen molar-refractivity contribution in [1.82, 2.24) is 0 Å². The fourth-order valence-corrected chi connectivity index (χ4v) is 1.77. The first kappa shape index (κ1) is 13.2. The van der Waals surface area contributed by atoms with Crippen molar-refractivity contribution in [2.45, 2.75) is 6.10 Å². The molecule has 8 nitrogen and oxygen atoms in total. The van der Waals surface area contributed by atoms with Crippen LogP contribution in [0.25, 0.3) is 0 Å². The van der Waals surface area contributed by atoms with Gasteiger partial charge in [0, 0.05) is 12.1 Å². The van der Waals surface area contributed by atoms with E-state index < -0.39 is 23.5 Å². The first-order chi connectivity index (χ1) is 9.02. The maximum absolute atomic E-state index is 11.7. The predicted octanol–water partition coefficient (Wildman–Crippen LogP) is -0.327. The van der Waals surface area contributed by atoms with E-state index in [1.54, 1.807) is 0 Å². The quantitative estimate of drug-likeness (QED) is 0.571. The molecule has 1 atom stereocenters. The Kier molecular flexibility index (Phi) is 3.63. The summed E-state index contributed by atoms with van der Waals surface area (Å²) in [6.07, 6.45) is -1.12. The highest BCUT2D eigenvalue weighted by molar-refractivity contribution is 5.98. The lowest BCUT2D eigenvalue weighted by Crippen LogP contribution is -2.44. The number of β-amino-alcohol motifs (C(OH)–C–C–N with tert-alkyl or cyclic N) is 1. The van der Waals surface area contributed by atoms with Crippen molar-refractivity contribution in [1.29, 1.82) is 0 Å². The Morgan fingerprint density at radius 1 is 1.53 bits per heavy atom. The Balaban J connectivity index is 2.38. The molecule has 0 spiro atoms. The lowest BCUT2D eigenvalue weighted by atomic mass is 10.2. The van der Waals surface area contributed by atoms with Crippen LogP contribution in [0, 0.1) is 10.1 Å². The zero-order chi connectivity index (χ0) is 14.0. The van der Waals surface area contributed by atoms with Gasteiger partial charge in [0.15, 0.2) is 6.61 Å². The topological polar surface area (TPSA) is 113 Å². The summed E-state index contributed by atoms with van der Waals surface area (Å²) in [5, 5.41) is 29.0. The van der Waals surface area contributed by atoms with Crippen LogP contribution in [0.3, 0.4) is 0 Å². The Morgan fingerprint density at radius 2 is 2.26 bits per heavy atom. The summed E-state index contributed by atoms with van der Waals surface area (Å²) in [6.45, 7) is -0.856. The number of hydrogen-bond acceptors (Lipinski definition) is 6. The molecule has 1 amide bonds. The van der Waals surface area contributed by atoms with Crippen molar-refractivity contribution in [3.63, 3.8) is 0 Å². The summed E-state index contributed by atoms with van der Waals surface area (Å²) in [5.74, 6) is -0.101. The standard InChI is InChI=1S/C11H12N2O6/c14-5-8(15)4-12-9-3-7(13(17)18)1-2-10(9)19-6-11(12)16/h1-3,8,14-15H,4-6H2. The SMILES string of the molecule is O=C1COc2ccc([N+](=O)[O-])cc2N1CC(O)CO. The zero-order valence-electron chi connectivity index (χ0n) is 9.85. The molecular weight excluding hydrogens is 256 g/mol. The van der Waals surface area contributed by atoms with Gasteiger partial charge < -0.3 is 19.8 Å². The van der Waals surface area contributed by atoms with E-state index in [2.05, 4.69) is 0 Å². The molecule has 0 aliphatic carbocycles. The number of aliphatic hydroxyl groups is 2. The van der Waals surface area contributed by atoms with Gasteiger partial charge in [-0.05, 0) is 6.07 Å². The third-order valence-corrected chi connectivity index (χ3v) is 2.70. The van der Waals surface area contributed by atoms with Gasteiger partial charge in [0.1, 0.15) is 5.75 Å². The molecule has 19 heavy (non-hydrogen) atoms. The van der Waals surface area contributed by atoms with Crippen LogP contribution in [0.15, 0.2) is 18.2 Å². The van der Waals surface area contributed by atoms with E-state index in [-0.39, 0.29) is 24.5 Å². The van der Waals surface area contributed by atoms with E-state index in [4.69, 9.17) is 9.84 Å². The van der Waals surface area contributed by atoms with Crippen molar-refractivity contribution in [2.24, 2.45) is 0 Å². The molecule has 1 aliphatic rings. The largest absolute Gasteiger partial charge is 0.482 e. The van der Waals surface area contributed by atoms with Crippen LogP contribution < -0.4 is 9.64 Å². The third-order valence-electron chi connectivity index (χ3n) is 2.70. The predicted molar refractivity (Wildman–Crippen MR) is 64.0 cm³/mol. The number of fused-ring (bicyclic) bond motifs is 1. The molecule has 1 aromatic carbocycles. The lowest BCUT2D eigenvalue weighted by molar-refractivity contribution is -0.384. The highest BCUT2D eigenvalue weighted by atomic mass is 16.6. The van der Waals surface area contributed by atoms with Crippen molar-refractivity contribution in [3.05, 3.63) is 28.3 Å². The molecule has 8 heteroatoms. The van der Waals surface area contributed by atoms with E-state index in [1.165, 1.54) is 23.1 Å². The van der Waals surface area contributed by atoms with Gasteiger partial charge in [-0.1, -0.05) is 0 Å². The minimum Gasteiger partial charge on any atom is -0.482 e. The minimum atomic E-state index is -1.12. The molecule has 0 aromatic heterocycles. The number of benzene rings is 1. The number of nitro benzene ring substituents is 1. The van der Waals surface area contributed by atoms with Crippen LogP contribution in [0.5, 0.6) is 5.75 Å². The van der Waals surface area contributed by atoms with E-state index in [0.29, 0.717) is 5.75 Å². The first-order valence-electron chi connectivity index (χ1n) is 5.53. The molecule has 102 valence electrons. The van der Waals surface area contributed by atoms with E-state index in [9.17, 15) is 20.0 Å². The number of nitro groups is 1. The lowest BCUT2D eigenvalue weighted by Gasteiger charge is -2.30. The average molecular weight is 268 g/mol. The fraction of sp³-hybridized carbons (Fsp3) is 0.364. The van der Waals surface area contributed by atoms with Crippen LogP contribution in [0.2, 0.25) is 0 Å². The second-order valence-corrected chi connectivity index (χ2v) is 4.04. The molecule has 1 aromatic rings. The Hall–Kier alpha value is -2.19. The number of hydrogen-bond donors (Lipinski definition) is 2. The Morgan fingerprint density at radius 3 is 2.89 bits per heavy atom. The van der Waals surface area contributed by atoms with E-state index in [1.807, 2.05) is 0 Å². The second-order valence-electron chi connectivity index (χ2n) is 4.04. The molecule has 1 aliphatic heterocycles. The number of anilines is 1. The summed E-state index contributed by atoms with van der Waals surface area (Å²) >= 11 is 0. The molecule has 0 saturated carbocycles.